The minimum atomic E-state index is 0.513. The first-order valence-electron chi connectivity index (χ1n) is 4.86. The highest BCUT2D eigenvalue weighted by Gasteiger charge is 2.48. The van der Waals surface area contributed by atoms with E-state index in [0.29, 0.717) is 5.41 Å². The lowest BCUT2D eigenvalue weighted by atomic mass is 9.50. The lowest BCUT2D eigenvalue weighted by Crippen LogP contribution is -2.43. The van der Waals surface area contributed by atoms with Gasteiger partial charge in [-0.1, -0.05) is 6.92 Å². The maximum absolute atomic E-state index is 3.71. The SMILES string of the molecule is CC12[C][C]3CC(CC(C3)C1)C2. The van der Waals surface area contributed by atoms with Gasteiger partial charge in [-0.2, -0.15) is 0 Å². The van der Waals surface area contributed by atoms with Gasteiger partial charge in [0, 0.05) is 0 Å². The van der Waals surface area contributed by atoms with Crippen molar-refractivity contribution >= 4 is 0 Å². The molecule has 59 valence electrons. The molecule has 4 aliphatic rings. The van der Waals surface area contributed by atoms with Crippen LogP contribution in [0.1, 0.15) is 39.0 Å². The molecule has 11 heavy (non-hydrogen) atoms. The van der Waals surface area contributed by atoms with Crippen LogP contribution in [-0.4, -0.2) is 0 Å². The zero-order chi connectivity index (χ0) is 7.47. The molecule has 0 aromatic rings. The Bertz CT molecular complexity index is 145. The molecule has 3 radical (unpaired) electrons. The molecule has 0 heteroatoms. The second kappa shape index (κ2) is 1.84. The fourth-order valence-corrected chi connectivity index (χ4v) is 3.72. The largest absolute Gasteiger partial charge is 0.0590 e. The van der Waals surface area contributed by atoms with E-state index in [1.54, 1.807) is 5.92 Å². The molecule has 0 aliphatic heterocycles. The summed E-state index contributed by atoms with van der Waals surface area (Å²) in [4.78, 5) is 0. The highest BCUT2D eigenvalue weighted by atomic mass is 14.5. The monoisotopic (exact) mass is 147 g/mol. The van der Waals surface area contributed by atoms with E-state index in [4.69, 9.17) is 0 Å². The van der Waals surface area contributed by atoms with Gasteiger partial charge in [-0.25, -0.2) is 0 Å². The van der Waals surface area contributed by atoms with Crippen LogP contribution in [0.5, 0.6) is 0 Å². The van der Waals surface area contributed by atoms with Crippen LogP contribution in [0.3, 0.4) is 0 Å². The Labute approximate surface area is 69.4 Å². The van der Waals surface area contributed by atoms with Crippen molar-refractivity contribution in [2.24, 2.45) is 17.3 Å². The molecule has 0 aromatic carbocycles. The van der Waals surface area contributed by atoms with E-state index < -0.39 is 0 Å². The fraction of sp³-hybridized carbons (Fsp3) is 0.818. The van der Waals surface area contributed by atoms with Crippen molar-refractivity contribution in [2.75, 3.05) is 0 Å². The summed E-state index contributed by atoms with van der Waals surface area (Å²) in [5.41, 5.74) is 0.513. The molecule has 4 rings (SSSR count). The Hall–Kier alpha value is 0. The van der Waals surface area contributed by atoms with E-state index in [2.05, 4.69) is 13.3 Å². The molecule has 4 bridgehead atoms. The lowest BCUT2D eigenvalue weighted by Gasteiger charge is -2.54. The molecule has 4 saturated carbocycles. The topological polar surface area (TPSA) is 0 Å². The van der Waals surface area contributed by atoms with Gasteiger partial charge >= 0.3 is 0 Å². The first-order chi connectivity index (χ1) is 5.23. The molecular formula is C11H15. The van der Waals surface area contributed by atoms with Crippen LogP contribution in [0.25, 0.3) is 0 Å². The summed E-state index contributed by atoms with van der Waals surface area (Å²) in [6.07, 6.45) is 10.9. The molecule has 0 amide bonds. The summed E-state index contributed by atoms with van der Waals surface area (Å²) in [6.45, 7) is 2.41. The van der Waals surface area contributed by atoms with E-state index in [0.717, 1.165) is 11.8 Å². The van der Waals surface area contributed by atoms with Crippen molar-refractivity contribution < 1.29 is 0 Å². The van der Waals surface area contributed by atoms with Gasteiger partial charge in [0.15, 0.2) is 0 Å². The summed E-state index contributed by atoms with van der Waals surface area (Å²) in [6, 6.07) is 0. The van der Waals surface area contributed by atoms with Gasteiger partial charge in [0.25, 0.3) is 0 Å². The van der Waals surface area contributed by atoms with E-state index in [-0.39, 0.29) is 0 Å². The smallest absolute Gasteiger partial charge is 0.00350 e. The maximum Gasteiger partial charge on any atom is -0.00350 e. The highest BCUT2D eigenvalue weighted by molar-refractivity contribution is 5.22. The predicted molar refractivity (Wildman–Crippen MR) is 44.7 cm³/mol. The molecule has 0 heterocycles. The van der Waals surface area contributed by atoms with Crippen molar-refractivity contribution in [3.8, 4) is 0 Å². The zero-order valence-electron chi connectivity index (χ0n) is 7.19. The molecule has 4 fully saturated rings. The average Bonchev–Trinajstić information content (AvgIpc) is 1.79. The molecule has 0 N–H and O–H groups in total. The van der Waals surface area contributed by atoms with Gasteiger partial charge in [0.05, 0.1) is 0 Å². The Morgan fingerprint density at radius 2 is 1.91 bits per heavy atom. The van der Waals surface area contributed by atoms with Gasteiger partial charge in [-0.15, -0.1) is 0 Å². The predicted octanol–water partition coefficient (Wildman–Crippen LogP) is 2.87. The standard InChI is InChI=1S/C11H15/c1-11-5-8-2-9(6-11)4-10(3-8)7-11/h8-9H,2-6H2,1H3. The number of hydrogen-bond acceptors (Lipinski definition) is 0. The lowest BCUT2D eigenvalue weighted by molar-refractivity contribution is 0.0624. The Morgan fingerprint density at radius 3 is 2.36 bits per heavy atom. The van der Waals surface area contributed by atoms with Gasteiger partial charge in [-0.05, 0) is 61.7 Å². The third-order valence-corrected chi connectivity index (χ3v) is 3.69. The van der Waals surface area contributed by atoms with Crippen LogP contribution in [-0.2, 0) is 0 Å². The normalized spacial score (nSPS) is 55.4. The van der Waals surface area contributed by atoms with Crippen LogP contribution >= 0.6 is 0 Å². The molecule has 2 atom stereocenters. The van der Waals surface area contributed by atoms with Crippen molar-refractivity contribution in [1.29, 1.82) is 0 Å². The molecule has 0 aromatic heterocycles. The van der Waals surface area contributed by atoms with Crippen LogP contribution in [0.4, 0.5) is 0 Å². The van der Waals surface area contributed by atoms with Crippen molar-refractivity contribution in [3.05, 3.63) is 12.3 Å². The number of hydrogen-bond donors (Lipinski definition) is 0. The molecule has 2 unspecified atom stereocenters. The second-order valence-corrected chi connectivity index (χ2v) is 5.07. The molecule has 0 nitrogen and oxygen atoms in total. The van der Waals surface area contributed by atoms with Crippen LogP contribution < -0.4 is 0 Å². The van der Waals surface area contributed by atoms with E-state index in [9.17, 15) is 0 Å². The summed E-state index contributed by atoms with van der Waals surface area (Å²) in [7, 11) is 0. The fourth-order valence-electron chi connectivity index (χ4n) is 3.72. The van der Waals surface area contributed by atoms with E-state index >= 15 is 0 Å². The molecule has 0 spiro atoms. The van der Waals surface area contributed by atoms with Crippen LogP contribution in [0.15, 0.2) is 0 Å². The van der Waals surface area contributed by atoms with Crippen molar-refractivity contribution in [1.82, 2.24) is 0 Å². The summed E-state index contributed by atoms with van der Waals surface area (Å²) in [5, 5.41) is 0. The summed E-state index contributed by atoms with van der Waals surface area (Å²) >= 11 is 0. The molecular weight excluding hydrogens is 132 g/mol. The van der Waals surface area contributed by atoms with Crippen LogP contribution in [0, 0.1) is 29.6 Å². The average molecular weight is 147 g/mol. The third kappa shape index (κ3) is 0.878. The summed E-state index contributed by atoms with van der Waals surface area (Å²) < 4.78 is 0. The summed E-state index contributed by atoms with van der Waals surface area (Å²) in [5.74, 6) is 3.76. The highest BCUT2D eigenvalue weighted by Crippen LogP contribution is 2.59. The maximum atomic E-state index is 3.71. The van der Waals surface area contributed by atoms with Gasteiger partial charge in [0.2, 0.25) is 0 Å². The van der Waals surface area contributed by atoms with Gasteiger partial charge in [-0.3, -0.25) is 0 Å². The Kier molecular flexibility index (Phi) is 1.09. The van der Waals surface area contributed by atoms with Crippen molar-refractivity contribution in [3.63, 3.8) is 0 Å². The quantitative estimate of drug-likeness (QED) is 0.494. The van der Waals surface area contributed by atoms with Gasteiger partial charge in [0.1, 0.15) is 0 Å². The Morgan fingerprint density at radius 1 is 1.27 bits per heavy atom. The number of rotatable bonds is 0. The molecule has 4 aliphatic carbocycles. The minimum absolute atomic E-state index is 0.513. The minimum Gasteiger partial charge on any atom is -0.0590 e. The first-order valence-corrected chi connectivity index (χ1v) is 4.86. The zero-order valence-corrected chi connectivity index (χ0v) is 7.19. The van der Waals surface area contributed by atoms with E-state index in [1.165, 1.54) is 32.1 Å². The van der Waals surface area contributed by atoms with E-state index in [1.807, 2.05) is 0 Å². The second-order valence-electron chi connectivity index (χ2n) is 5.07. The van der Waals surface area contributed by atoms with Crippen LogP contribution in [0.2, 0.25) is 0 Å². The van der Waals surface area contributed by atoms with Gasteiger partial charge < -0.3 is 0 Å². The third-order valence-electron chi connectivity index (χ3n) is 3.69. The Balaban J connectivity index is 1.94. The first kappa shape index (κ1) is 6.51. The van der Waals surface area contributed by atoms with Crippen molar-refractivity contribution in [2.45, 2.75) is 39.0 Å². The molecule has 0 saturated heterocycles.